The van der Waals surface area contributed by atoms with Gasteiger partial charge in [0.05, 0.1) is 12.6 Å². The molecule has 4 nitrogen and oxygen atoms in total. The average Bonchev–Trinajstić information content (AvgIpc) is 2.56. The lowest BCUT2D eigenvalue weighted by molar-refractivity contribution is -0.135. The second-order valence-electron chi connectivity index (χ2n) is 5.95. The Kier molecular flexibility index (Phi) is 7.01. The maximum atomic E-state index is 12.1. The van der Waals surface area contributed by atoms with Gasteiger partial charge in [0, 0.05) is 19.4 Å². The lowest BCUT2D eigenvalue weighted by Gasteiger charge is -2.34. The molecule has 1 radical (unpaired) electrons. The number of nitrogens with zero attached hydrogens (tertiary/aromatic N) is 1. The average molecular weight is 314 g/mol. The lowest BCUT2D eigenvalue weighted by Crippen LogP contribution is -2.43. The Bertz CT molecular complexity index is 539. The van der Waals surface area contributed by atoms with Crippen molar-refractivity contribution in [3.05, 3.63) is 48.0 Å². The molecule has 0 N–H and O–H groups in total. The van der Waals surface area contributed by atoms with Gasteiger partial charge in [0.25, 0.3) is 0 Å². The summed E-state index contributed by atoms with van der Waals surface area (Å²) in [5, 5.41) is 10.6. The van der Waals surface area contributed by atoms with Crippen LogP contribution in [0.5, 0.6) is 0 Å². The van der Waals surface area contributed by atoms with Crippen LogP contribution in [0.4, 0.5) is 0 Å². The van der Waals surface area contributed by atoms with E-state index in [1.165, 1.54) is 0 Å². The van der Waals surface area contributed by atoms with E-state index in [1.807, 2.05) is 41.3 Å². The zero-order valence-corrected chi connectivity index (χ0v) is 13.4. The molecule has 2 rings (SSSR count). The number of hydrogen-bond acceptors (Lipinski definition) is 2. The normalized spacial score (nSPS) is 18.6. The van der Waals surface area contributed by atoms with Crippen molar-refractivity contribution < 1.29 is 14.7 Å². The molecule has 123 valence electrons. The standard InChI is InChI=1S/C19H24NO3/c21-14-5-4-13-20-17(9-6-10-19(20)23)11-12-18(22)15-16-7-2-1-3-8-16/h1-3,7-8,11-12,17H,4-6,9-10,13-15H2/b12-11+/t17-/m1/s1. The number of rotatable bonds is 8. The molecular weight excluding hydrogens is 290 g/mol. The summed E-state index contributed by atoms with van der Waals surface area (Å²) in [6.07, 6.45) is 7.49. The summed E-state index contributed by atoms with van der Waals surface area (Å²) in [5.74, 6) is 0.182. The van der Waals surface area contributed by atoms with Gasteiger partial charge < -0.3 is 4.90 Å². The molecule has 1 amide bonds. The Labute approximate surface area is 137 Å². The number of ketones is 1. The maximum absolute atomic E-state index is 12.1. The number of amides is 1. The van der Waals surface area contributed by atoms with E-state index in [2.05, 4.69) is 0 Å². The number of likely N-dealkylation sites (tertiary alicyclic amines) is 1. The lowest BCUT2D eigenvalue weighted by atomic mass is 9.99. The van der Waals surface area contributed by atoms with Crippen molar-refractivity contribution in [2.75, 3.05) is 13.2 Å². The molecule has 1 aromatic carbocycles. The molecule has 0 saturated carbocycles. The highest BCUT2D eigenvalue weighted by molar-refractivity contribution is 5.91. The van der Waals surface area contributed by atoms with Crippen LogP contribution >= 0.6 is 0 Å². The summed E-state index contributed by atoms with van der Waals surface area (Å²) in [6.45, 7) is 0.515. The fraction of sp³-hybridized carbons (Fsp3) is 0.474. The van der Waals surface area contributed by atoms with Gasteiger partial charge in [-0.05, 0) is 37.3 Å². The third-order valence-corrected chi connectivity index (χ3v) is 4.13. The molecule has 1 atom stereocenters. The minimum Gasteiger partial charge on any atom is -0.336 e. The molecule has 0 bridgehead atoms. The van der Waals surface area contributed by atoms with Crippen molar-refractivity contribution in [1.29, 1.82) is 0 Å². The Morgan fingerprint density at radius 1 is 1.22 bits per heavy atom. The highest BCUT2D eigenvalue weighted by Gasteiger charge is 2.25. The zero-order valence-electron chi connectivity index (χ0n) is 13.4. The van der Waals surface area contributed by atoms with Crippen LogP contribution in [0, 0.1) is 0 Å². The molecule has 1 aromatic rings. The molecule has 0 aromatic heterocycles. The van der Waals surface area contributed by atoms with E-state index >= 15 is 0 Å². The molecular formula is C19H24NO3. The van der Waals surface area contributed by atoms with Crippen LogP contribution in [0.1, 0.15) is 37.7 Å². The first-order chi connectivity index (χ1) is 11.2. The number of unbranched alkanes of at least 4 members (excludes halogenated alkanes) is 1. The minimum atomic E-state index is -0.0991. The van der Waals surface area contributed by atoms with Crippen molar-refractivity contribution in [1.82, 2.24) is 4.90 Å². The molecule has 1 aliphatic heterocycles. The first-order valence-corrected chi connectivity index (χ1v) is 8.33. The second-order valence-corrected chi connectivity index (χ2v) is 5.95. The van der Waals surface area contributed by atoms with Gasteiger partial charge >= 0.3 is 0 Å². The van der Waals surface area contributed by atoms with Crippen molar-refractivity contribution in [2.45, 2.75) is 44.6 Å². The molecule has 1 saturated heterocycles. The fourth-order valence-corrected chi connectivity index (χ4v) is 2.90. The SMILES string of the molecule is [O]CCCCN1C(=O)CCC[C@@H]1/C=C/C(=O)Cc1ccccc1. The maximum Gasteiger partial charge on any atom is 0.223 e. The van der Waals surface area contributed by atoms with Crippen LogP contribution in [0.25, 0.3) is 0 Å². The molecule has 0 unspecified atom stereocenters. The van der Waals surface area contributed by atoms with Crippen molar-refractivity contribution in [3.8, 4) is 0 Å². The molecule has 1 heterocycles. The van der Waals surface area contributed by atoms with Crippen LogP contribution < -0.4 is 0 Å². The first kappa shape index (κ1) is 17.4. The number of piperidine rings is 1. The van der Waals surface area contributed by atoms with Gasteiger partial charge in [-0.15, -0.1) is 0 Å². The highest BCUT2D eigenvalue weighted by Crippen LogP contribution is 2.20. The van der Waals surface area contributed by atoms with Crippen LogP contribution in [-0.2, 0) is 21.1 Å². The van der Waals surface area contributed by atoms with E-state index in [0.717, 1.165) is 24.8 Å². The highest BCUT2D eigenvalue weighted by atomic mass is 16.3. The second kappa shape index (κ2) is 9.26. The van der Waals surface area contributed by atoms with E-state index in [9.17, 15) is 14.7 Å². The molecule has 4 heteroatoms. The summed E-state index contributed by atoms with van der Waals surface area (Å²) >= 11 is 0. The molecule has 0 spiro atoms. The minimum absolute atomic E-state index is 0.0115. The number of benzene rings is 1. The number of allylic oxidation sites excluding steroid dienone is 1. The topological polar surface area (TPSA) is 57.3 Å². The van der Waals surface area contributed by atoms with E-state index in [4.69, 9.17) is 0 Å². The van der Waals surface area contributed by atoms with Crippen LogP contribution in [0.3, 0.4) is 0 Å². The number of hydrogen-bond donors (Lipinski definition) is 0. The third kappa shape index (κ3) is 5.64. The van der Waals surface area contributed by atoms with Crippen LogP contribution in [0.2, 0.25) is 0 Å². The third-order valence-electron chi connectivity index (χ3n) is 4.13. The van der Waals surface area contributed by atoms with Gasteiger partial charge in [-0.25, -0.2) is 5.11 Å². The Morgan fingerprint density at radius 3 is 2.74 bits per heavy atom. The first-order valence-electron chi connectivity index (χ1n) is 8.33. The van der Waals surface area contributed by atoms with Crippen LogP contribution in [0.15, 0.2) is 42.5 Å². The van der Waals surface area contributed by atoms with Gasteiger partial charge in [0.15, 0.2) is 5.78 Å². The summed E-state index contributed by atoms with van der Waals surface area (Å²) in [4.78, 5) is 26.0. The van der Waals surface area contributed by atoms with Gasteiger partial charge in [0.1, 0.15) is 0 Å². The van der Waals surface area contributed by atoms with E-state index in [-0.39, 0.29) is 24.3 Å². The predicted molar refractivity (Wildman–Crippen MR) is 88.4 cm³/mol. The van der Waals surface area contributed by atoms with E-state index < -0.39 is 0 Å². The van der Waals surface area contributed by atoms with E-state index in [0.29, 0.717) is 25.8 Å². The molecule has 0 aliphatic carbocycles. The summed E-state index contributed by atoms with van der Waals surface area (Å²) in [6, 6.07) is 9.63. The molecule has 1 aliphatic rings. The van der Waals surface area contributed by atoms with Crippen molar-refractivity contribution in [2.24, 2.45) is 0 Å². The summed E-state index contributed by atoms with van der Waals surface area (Å²) < 4.78 is 0. The van der Waals surface area contributed by atoms with Gasteiger partial charge in [0.2, 0.25) is 5.91 Å². The number of carbonyl (C=O) groups excluding carboxylic acids is 2. The van der Waals surface area contributed by atoms with Crippen molar-refractivity contribution >= 4 is 11.7 Å². The summed E-state index contributed by atoms with van der Waals surface area (Å²) in [7, 11) is 0. The van der Waals surface area contributed by atoms with Gasteiger partial charge in [-0.3, -0.25) is 9.59 Å². The quantitative estimate of drug-likeness (QED) is 0.547. The molecule has 23 heavy (non-hydrogen) atoms. The number of carbonyl (C=O) groups is 2. The Balaban J connectivity index is 1.92. The smallest absolute Gasteiger partial charge is 0.223 e. The Hall–Kier alpha value is -1.94. The van der Waals surface area contributed by atoms with Crippen molar-refractivity contribution in [3.63, 3.8) is 0 Å². The fourth-order valence-electron chi connectivity index (χ4n) is 2.90. The zero-order chi connectivity index (χ0) is 16.5. The summed E-state index contributed by atoms with van der Waals surface area (Å²) in [5.41, 5.74) is 0.995. The predicted octanol–water partition coefficient (Wildman–Crippen LogP) is 2.95. The van der Waals surface area contributed by atoms with Gasteiger partial charge in [-0.1, -0.05) is 36.4 Å². The Morgan fingerprint density at radius 2 is 2.00 bits per heavy atom. The largest absolute Gasteiger partial charge is 0.336 e. The monoisotopic (exact) mass is 314 g/mol. The van der Waals surface area contributed by atoms with E-state index in [1.54, 1.807) is 6.08 Å². The van der Waals surface area contributed by atoms with Gasteiger partial charge in [-0.2, -0.15) is 0 Å². The van der Waals surface area contributed by atoms with Crippen LogP contribution in [-0.4, -0.2) is 35.8 Å². The molecule has 1 fully saturated rings.